The number of hydrogen-bond acceptors (Lipinski definition) is 4. The van der Waals surface area contributed by atoms with Gasteiger partial charge in [-0.1, -0.05) is 19.3 Å². The van der Waals surface area contributed by atoms with Crippen LogP contribution < -0.4 is 5.32 Å². The first-order chi connectivity index (χ1) is 8.44. The second kappa shape index (κ2) is 5.17. The molecular formula is C14H25NO3. The number of rotatable bonds is 3. The van der Waals surface area contributed by atoms with E-state index < -0.39 is 0 Å². The van der Waals surface area contributed by atoms with Crippen LogP contribution in [0.25, 0.3) is 0 Å². The molecule has 1 heterocycles. The maximum Gasteiger partial charge on any atom is 0.302 e. The summed E-state index contributed by atoms with van der Waals surface area (Å²) in [7, 11) is 0. The molecule has 1 unspecified atom stereocenters. The van der Waals surface area contributed by atoms with Crippen LogP contribution >= 0.6 is 0 Å². The third-order valence-corrected chi connectivity index (χ3v) is 4.10. The van der Waals surface area contributed by atoms with Gasteiger partial charge in [-0.3, -0.25) is 10.1 Å². The molecule has 0 spiro atoms. The summed E-state index contributed by atoms with van der Waals surface area (Å²) in [4.78, 5) is 11.1. The average Bonchev–Trinajstić information content (AvgIpc) is 2.69. The van der Waals surface area contributed by atoms with Gasteiger partial charge in [-0.25, -0.2) is 0 Å². The molecule has 18 heavy (non-hydrogen) atoms. The maximum absolute atomic E-state index is 11.1. The van der Waals surface area contributed by atoms with Gasteiger partial charge in [-0.05, 0) is 26.7 Å². The van der Waals surface area contributed by atoms with Crippen molar-refractivity contribution in [3.63, 3.8) is 0 Å². The number of ether oxygens (including phenoxy) is 2. The van der Waals surface area contributed by atoms with Crippen LogP contribution in [0, 0.1) is 5.41 Å². The largest absolute Gasteiger partial charge is 0.465 e. The lowest BCUT2D eigenvalue weighted by molar-refractivity contribution is -0.151. The molecule has 1 aliphatic heterocycles. The van der Waals surface area contributed by atoms with Gasteiger partial charge in [0.1, 0.15) is 12.8 Å². The van der Waals surface area contributed by atoms with E-state index in [9.17, 15) is 4.79 Å². The molecule has 1 N–H and O–H groups in total. The van der Waals surface area contributed by atoms with Crippen molar-refractivity contribution in [1.29, 1.82) is 0 Å². The van der Waals surface area contributed by atoms with Crippen molar-refractivity contribution in [3.8, 4) is 0 Å². The highest BCUT2D eigenvalue weighted by atomic mass is 16.5. The van der Waals surface area contributed by atoms with E-state index in [4.69, 9.17) is 9.47 Å². The molecule has 104 valence electrons. The van der Waals surface area contributed by atoms with Gasteiger partial charge in [-0.2, -0.15) is 0 Å². The van der Waals surface area contributed by atoms with E-state index in [1.807, 2.05) is 0 Å². The van der Waals surface area contributed by atoms with Crippen LogP contribution in [-0.2, 0) is 14.3 Å². The molecule has 0 amide bonds. The normalized spacial score (nSPS) is 30.1. The zero-order chi connectivity index (χ0) is 13.2. The minimum atomic E-state index is -0.197. The van der Waals surface area contributed by atoms with E-state index in [0.717, 1.165) is 19.4 Å². The first-order valence-corrected chi connectivity index (χ1v) is 6.96. The quantitative estimate of drug-likeness (QED) is 0.786. The maximum atomic E-state index is 11.1. The van der Waals surface area contributed by atoms with Gasteiger partial charge >= 0.3 is 5.97 Å². The van der Waals surface area contributed by atoms with Crippen molar-refractivity contribution in [1.82, 2.24) is 5.32 Å². The molecule has 2 fully saturated rings. The molecule has 1 atom stereocenters. The van der Waals surface area contributed by atoms with Gasteiger partial charge in [-0.15, -0.1) is 0 Å². The summed E-state index contributed by atoms with van der Waals surface area (Å²) < 4.78 is 11.2. The highest BCUT2D eigenvalue weighted by Gasteiger charge is 2.47. The lowest BCUT2D eigenvalue weighted by Crippen LogP contribution is -2.51. The van der Waals surface area contributed by atoms with E-state index in [0.29, 0.717) is 6.61 Å². The molecule has 1 aliphatic carbocycles. The van der Waals surface area contributed by atoms with Gasteiger partial charge in [0.15, 0.2) is 0 Å². The first kappa shape index (κ1) is 13.8. The third kappa shape index (κ3) is 3.04. The van der Waals surface area contributed by atoms with Crippen LogP contribution in [0.3, 0.4) is 0 Å². The standard InChI is InChI=1S/C14H25NO3/c1-11(16)17-10-14(7-5-4-6-8-14)12-15-13(2,3)9-18-12/h12,15H,4-10H2,1-3H3. The molecule has 1 saturated carbocycles. The molecule has 0 aromatic carbocycles. The van der Waals surface area contributed by atoms with Crippen LogP contribution in [-0.4, -0.2) is 30.9 Å². The Bertz CT molecular complexity index is 308. The first-order valence-electron chi connectivity index (χ1n) is 6.96. The summed E-state index contributed by atoms with van der Waals surface area (Å²) in [5, 5.41) is 3.55. The smallest absolute Gasteiger partial charge is 0.302 e. The molecule has 2 aliphatic rings. The predicted octanol–water partition coefficient (Wildman–Crippen LogP) is 2.22. The average molecular weight is 255 g/mol. The Morgan fingerprint density at radius 1 is 1.33 bits per heavy atom. The number of carbonyl (C=O) groups excluding carboxylic acids is 1. The van der Waals surface area contributed by atoms with E-state index in [1.54, 1.807) is 0 Å². The summed E-state index contributed by atoms with van der Waals surface area (Å²) in [5.74, 6) is -0.197. The van der Waals surface area contributed by atoms with Crippen LogP contribution in [0.4, 0.5) is 0 Å². The molecule has 4 nitrogen and oxygen atoms in total. The second-order valence-electron chi connectivity index (χ2n) is 6.42. The SMILES string of the molecule is CC(=O)OCC1(C2NC(C)(C)CO2)CCCCC1. The summed E-state index contributed by atoms with van der Waals surface area (Å²) in [6.07, 6.45) is 5.85. The topological polar surface area (TPSA) is 47.6 Å². The monoisotopic (exact) mass is 255 g/mol. The van der Waals surface area contributed by atoms with Crippen molar-refractivity contribution in [3.05, 3.63) is 0 Å². The van der Waals surface area contributed by atoms with Crippen molar-refractivity contribution in [2.24, 2.45) is 5.41 Å². The highest BCUT2D eigenvalue weighted by Crippen LogP contribution is 2.42. The van der Waals surface area contributed by atoms with Crippen LogP contribution in [0.1, 0.15) is 52.9 Å². The third-order valence-electron chi connectivity index (χ3n) is 4.10. The molecular weight excluding hydrogens is 230 g/mol. The summed E-state index contributed by atoms with van der Waals surface area (Å²) in [5.41, 5.74) is -0.0109. The van der Waals surface area contributed by atoms with Crippen LogP contribution in [0.15, 0.2) is 0 Å². The summed E-state index contributed by atoms with van der Waals surface area (Å²) >= 11 is 0. The van der Waals surface area contributed by atoms with Crippen LogP contribution in [0.5, 0.6) is 0 Å². The van der Waals surface area contributed by atoms with Gasteiger partial charge < -0.3 is 9.47 Å². The Hall–Kier alpha value is -0.610. The van der Waals surface area contributed by atoms with Crippen molar-refractivity contribution in [2.45, 2.75) is 64.6 Å². The van der Waals surface area contributed by atoms with Crippen molar-refractivity contribution in [2.75, 3.05) is 13.2 Å². The van der Waals surface area contributed by atoms with E-state index in [1.165, 1.54) is 26.2 Å². The fourth-order valence-corrected chi connectivity index (χ4v) is 3.04. The Balaban J connectivity index is 2.06. The van der Waals surface area contributed by atoms with E-state index in [-0.39, 0.29) is 23.2 Å². The Morgan fingerprint density at radius 3 is 2.50 bits per heavy atom. The highest BCUT2D eigenvalue weighted by molar-refractivity contribution is 5.65. The molecule has 4 heteroatoms. The summed E-state index contributed by atoms with van der Waals surface area (Å²) in [6, 6.07) is 0. The van der Waals surface area contributed by atoms with Crippen molar-refractivity contribution >= 4 is 5.97 Å². The second-order valence-corrected chi connectivity index (χ2v) is 6.42. The molecule has 0 aromatic heterocycles. The fraction of sp³-hybridized carbons (Fsp3) is 0.929. The number of nitrogens with one attached hydrogen (secondary N) is 1. The number of carbonyl (C=O) groups is 1. The van der Waals surface area contributed by atoms with Gasteiger partial charge in [0.2, 0.25) is 0 Å². The molecule has 2 rings (SSSR count). The van der Waals surface area contributed by atoms with Gasteiger partial charge in [0.05, 0.1) is 6.61 Å². The zero-order valence-corrected chi connectivity index (χ0v) is 11.8. The fourth-order valence-electron chi connectivity index (χ4n) is 3.04. The minimum absolute atomic E-state index is 0.0192. The van der Waals surface area contributed by atoms with Crippen molar-refractivity contribution < 1.29 is 14.3 Å². The number of esters is 1. The van der Waals surface area contributed by atoms with E-state index >= 15 is 0 Å². The Kier molecular flexibility index (Phi) is 3.97. The molecule has 0 aromatic rings. The zero-order valence-electron chi connectivity index (χ0n) is 11.8. The number of hydrogen-bond donors (Lipinski definition) is 1. The Morgan fingerprint density at radius 2 is 2.00 bits per heavy atom. The lowest BCUT2D eigenvalue weighted by Gasteiger charge is -2.41. The molecule has 1 saturated heterocycles. The summed E-state index contributed by atoms with van der Waals surface area (Å²) in [6.45, 7) is 6.98. The lowest BCUT2D eigenvalue weighted by atomic mass is 9.73. The Labute approximate surface area is 109 Å². The predicted molar refractivity (Wildman–Crippen MR) is 69.1 cm³/mol. The molecule has 0 bridgehead atoms. The van der Waals surface area contributed by atoms with Gasteiger partial charge in [0.25, 0.3) is 0 Å². The van der Waals surface area contributed by atoms with Crippen LogP contribution in [0.2, 0.25) is 0 Å². The molecule has 0 radical (unpaired) electrons. The van der Waals surface area contributed by atoms with Gasteiger partial charge in [0, 0.05) is 17.9 Å². The van der Waals surface area contributed by atoms with E-state index in [2.05, 4.69) is 19.2 Å². The minimum Gasteiger partial charge on any atom is -0.465 e.